The summed E-state index contributed by atoms with van der Waals surface area (Å²) in [5, 5.41) is 2.69. The summed E-state index contributed by atoms with van der Waals surface area (Å²) in [5.41, 5.74) is 6.97. The highest BCUT2D eigenvalue weighted by atomic mass is 32.1. The molecule has 5 nitrogen and oxygen atoms in total. The molecule has 0 aliphatic rings. The van der Waals surface area contributed by atoms with E-state index in [0.717, 1.165) is 5.56 Å². The number of hydrogen-bond donors (Lipinski definition) is 3. The quantitative estimate of drug-likeness (QED) is 0.743. The van der Waals surface area contributed by atoms with E-state index in [-0.39, 0.29) is 17.2 Å². The Morgan fingerprint density at radius 3 is 2.50 bits per heavy atom. The lowest BCUT2D eigenvalue weighted by atomic mass is 10.1. The van der Waals surface area contributed by atoms with Crippen LogP contribution in [0.4, 0.5) is 5.69 Å². The number of amides is 1. The molecule has 0 radical (unpaired) electrons. The highest BCUT2D eigenvalue weighted by molar-refractivity contribution is 7.80. The van der Waals surface area contributed by atoms with Crippen molar-refractivity contribution in [2.24, 2.45) is 5.73 Å². The maximum absolute atomic E-state index is 11.9. The van der Waals surface area contributed by atoms with E-state index in [0.29, 0.717) is 17.1 Å². The number of pyridine rings is 1. The fraction of sp³-hybridized carbons (Fsp3) is 0.0714. The van der Waals surface area contributed by atoms with Gasteiger partial charge in [0.15, 0.2) is 0 Å². The van der Waals surface area contributed by atoms with E-state index < -0.39 is 0 Å². The lowest BCUT2D eigenvalue weighted by Gasteiger charge is -2.06. The summed E-state index contributed by atoms with van der Waals surface area (Å²) in [6, 6.07) is 11.6. The Kier molecular flexibility index (Phi) is 4.27. The molecular weight excluding hydrogens is 274 g/mol. The second-order valence-electron chi connectivity index (χ2n) is 4.22. The fourth-order valence-electron chi connectivity index (χ4n) is 1.69. The molecule has 0 unspecified atom stereocenters. The van der Waals surface area contributed by atoms with Crippen LogP contribution >= 0.6 is 12.2 Å². The van der Waals surface area contributed by atoms with Gasteiger partial charge in [0.25, 0.3) is 5.91 Å². The van der Waals surface area contributed by atoms with E-state index >= 15 is 0 Å². The Bertz CT molecular complexity index is 692. The van der Waals surface area contributed by atoms with Crippen molar-refractivity contribution < 1.29 is 4.79 Å². The number of thiocarbonyl (C=S) groups is 1. The van der Waals surface area contributed by atoms with Gasteiger partial charge in [-0.25, -0.2) is 0 Å². The standard InChI is InChI=1S/C14H13N3O2S/c15-12(20)8-9-4-6-10(7-5-9)16-14(19)11-2-1-3-13(18)17-11/h1-7H,8H2,(H2,15,20)(H,16,19)(H,17,18). The average molecular weight is 287 g/mol. The van der Waals surface area contributed by atoms with Crippen molar-refractivity contribution in [3.05, 3.63) is 64.1 Å². The van der Waals surface area contributed by atoms with Crippen LogP contribution in [0.25, 0.3) is 0 Å². The molecule has 0 saturated carbocycles. The van der Waals surface area contributed by atoms with Gasteiger partial charge in [0, 0.05) is 18.2 Å². The topological polar surface area (TPSA) is 88.0 Å². The molecule has 0 spiro atoms. The van der Waals surface area contributed by atoms with Crippen LogP contribution in [0.1, 0.15) is 16.1 Å². The minimum absolute atomic E-state index is 0.213. The molecular formula is C14H13N3O2S. The van der Waals surface area contributed by atoms with Crippen LogP contribution in [0.15, 0.2) is 47.3 Å². The summed E-state index contributed by atoms with van der Waals surface area (Å²) in [7, 11) is 0. The zero-order valence-corrected chi connectivity index (χ0v) is 11.4. The SMILES string of the molecule is NC(=S)Cc1ccc(NC(=O)c2cccc(=O)[nH]2)cc1. The molecule has 0 bridgehead atoms. The Labute approximate surface area is 120 Å². The van der Waals surface area contributed by atoms with Crippen LogP contribution in [0, 0.1) is 0 Å². The first-order valence-corrected chi connectivity index (χ1v) is 6.33. The first-order chi connectivity index (χ1) is 9.54. The number of nitrogens with one attached hydrogen (secondary N) is 2. The van der Waals surface area contributed by atoms with Gasteiger partial charge in [0.05, 0.1) is 4.99 Å². The van der Waals surface area contributed by atoms with Gasteiger partial charge in [0.1, 0.15) is 5.69 Å². The Morgan fingerprint density at radius 2 is 1.90 bits per heavy atom. The molecule has 1 aromatic heterocycles. The monoisotopic (exact) mass is 287 g/mol. The van der Waals surface area contributed by atoms with E-state index in [1.165, 1.54) is 18.2 Å². The predicted molar refractivity (Wildman–Crippen MR) is 81.9 cm³/mol. The van der Waals surface area contributed by atoms with Gasteiger partial charge in [-0.15, -0.1) is 0 Å². The molecule has 1 heterocycles. The molecule has 0 atom stereocenters. The smallest absolute Gasteiger partial charge is 0.272 e. The second kappa shape index (κ2) is 6.12. The maximum Gasteiger partial charge on any atom is 0.272 e. The van der Waals surface area contributed by atoms with E-state index in [9.17, 15) is 9.59 Å². The number of rotatable bonds is 4. The van der Waals surface area contributed by atoms with Gasteiger partial charge in [0.2, 0.25) is 5.56 Å². The van der Waals surface area contributed by atoms with Gasteiger partial charge in [-0.05, 0) is 23.8 Å². The molecule has 1 amide bonds. The first-order valence-electron chi connectivity index (χ1n) is 5.92. The third-order valence-electron chi connectivity index (χ3n) is 2.60. The molecule has 2 rings (SSSR count). The summed E-state index contributed by atoms with van der Waals surface area (Å²) < 4.78 is 0. The zero-order chi connectivity index (χ0) is 14.5. The number of anilines is 1. The lowest BCUT2D eigenvalue weighted by Crippen LogP contribution is -2.17. The number of aromatic amines is 1. The predicted octanol–water partition coefficient (Wildman–Crippen LogP) is 1.46. The van der Waals surface area contributed by atoms with Crippen molar-refractivity contribution in [1.82, 2.24) is 4.98 Å². The highest BCUT2D eigenvalue weighted by Crippen LogP contribution is 2.11. The molecule has 2 aromatic rings. The van der Waals surface area contributed by atoms with E-state index in [1.807, 2.05) is 12.1 Å². The molecule has 0 aliphatic heterocycles. The van der Waals surface area contributed by atoms with E-state index in [4.69, 9.17) is 18.0 Å². The summed E-state index contributed by atoms with van der Waals surface area (Å²) in [5.74, 6) is -0.371. The molecule has 20 heavy (non-hydrogen) atoms. The van der Waals surface area contributed by atoms with Crippen LogP contribution < -0.4 is 16.6 Å². The Hall–Kier alpha value is -2.47. The number of aromatic nitrogens is 1. The second-order valence-corrected chi connectivity index (χ2v) is 4.75. The van der Waals surface area contributed by atoms with Crippen molar-refractivity contribution in [3.8, 4) is 0 Å². The first kappa shape index (κ1) is 14.0. The van der Waals surface area contributed by atoms with Crippen LogP contribution in [0.5, 0.6) is 0 Å². The minimum atomic E-state index is -0.371. The molecule has 4 N–H and O–H groups in total. The third-order valence-corrected chi connectivity index (χ3v) is 2.75. The van der Waals surface area contributed by atoms with E-state index in [2.05, 4.69) is 10.3 Å². The maximum atomic E-state index is 11.9. The lowest BCUT2D eigenvalue weighted by molar-refractivity contribution is 0.102. The number of carbonyl (C=O) groups excluding carboxylic acids is 1. The largest absolute Gasteiger partial charge is 0.393 e. The minimum Gasteiger partial charge on any atom is -0.393 e. The molecule has 0 fully saturated rings. The third kappa shape index (κ3) is 3.76. The van der Waals surface area contributed by atoms with Crippen molar-refractivity contribution in [3.63, 3.8) is 0 Å². The molecule has 102 valence electrons. The summed E-state index contributed by atoms with van der Waals surface area (Å²) in [6.07, 6.45) is 0.523. The van der Waals surface area contributed by atoms with Gasteiger partial charge in [-0.2, -0.15) is 0 Å². The normalized spacial score (nSPS) is 10.0. The highest BCUT2D eigenvalue weighted by Gasteiger charge is 2.06. The fourth-order valence-corrected chi connectivity index (χ4v) is 1.85. The van der Waals surface area contributed by atoms with Crippen LogP contribution in [0.2, 0.25) is 0 Å². The number of carbonyl (C=O) groups is 1. The average Bonchev–Trinajstić information content (AvgIpc) is 2.40. The van der Waals surface area contributed by atoms with Crippen molar-refractivity contribution in [2.75, 3.05) is 5.32 Å². The summed E-state index contributed by atoms with van der Waals surface area (Å²) >= 11 is 4.83. The van der Waals surface area contributed by atoms with Crippen LogP contribution in [-0.4, -0.2) is 15.9 Å². The van der Waals surface area contributed by atoms with Crippen molar-refractivity contribution in [2.45, 2.75) is 6.42 Å². The summed E-state index contributed by atoms with van der Waals surface area (Å²) in [6.45, 7) is 0. The van der Waals surface area contributed by atoms with Crippen molar-refractivity contribution in [1.29, 1.82) is 0 Å². The van der Waals surface area contributed by atoms with Gasteiger partial charge in [-0.1, -0.05) is 30.4 Å². The summed E-state index contributed by atoms with van der Waals surface area (Å²) in [4.78, 5) is 25.9. The number of nitrogens with two attached hydrogens (primary N) is 1. The molecule has 1 aromatic carbocycles. The number of H-pyrrole nitrogens is 1. The van der Waals surface area contributed by atoms with Gasteiger partial charge in [-0.3, -0.25) is 9.59 Å². The van der Waals surface area contributed by atoms with Gasteiger partial charge < -0.3 is 16.0 Å². The zero-order valence-electron chi connectivity index (χ0n) is 10.6. The van der Waals surface area contributed by atoms with E-state index in [1.54, 1.807) is 12.1 Å². The van der Waals surface area contributed by atoms with Crippen molar-refractivity contribution >= 4 is 28.8 Å². The molecule has 0 aliphatic carbocycles. The number of benzene rings is 1. The number of hydrogen-bond acceptors (Lipinski definition) is 3. The Morgan fingerprint density at radius 1 is 1.20 bits per heavy atom. The van der Waals surface area contributed by atoms with Crippen LogP contribution in [0.3, 0.4) is 0 Å². The molecule has 6 heteroatoms. The Balaban J connectivity index is 2.08. The van der Waals surface area contributed by atoms with Gasteiger partial charge >= 0.3 is 0 Å². The van der Waals surface area contributed by atoms with Crippen LogP contribution in [-0.2, 0) is 6.42 Å². The molecule has 0 saturated heterocycles.